The van der Waals surface area contributed by atoms with E-state index in [9.17, 15) is 22.0 Å². The Morgan fingerprint density at radius 1 is 0.978 bits per heavy atom. The fraction of sp³-hybridized carbons (Fsp3) is 0.375. The largest absolute Gasteiger partial charge is 0.381 e. The summed E-state index contributed by atoms with van der Waals surface area (Å²) in [7, 11) is -4.26. The normalized spacial score (nSPS) is 16.6. The molecule has 2 fully saturated rings. The molecule has 3 heterocycles. The second-order valence-corrected chi connectivity index (χ2v) is 13.4. The maximum Gasteiger partial charge on any atom is 0.258 e. The summed E-state index contributed by atoms with van der Waals surface area (Å²) in [5, 5.41) is 13.8. The number of nitrogens with one attached hydrogen (secondary N) is 3. The van der Waals surface area contributed by atoms with Crippen molar-refractivity contribution in [1.82, 2.24) is 15.1 Å². The van der Waals surface area contributed by atoms with Crippen LogP contribution in [0.5, 0.6) is 0 Å². The lowest BCUT2D eigenvalue weighted by atomic mass is 10.1. The van der Waals surface area contributed by atoms with Crippen LogP contribution in [0.4, 0.5) is 26.0 Å². The summed E-state index contributed by atoms with van der Waals surface area (Å²) in [5.41, 5.74) is 2.63. The molecule has 0 radical (unpaired) electrons. The third-order valence-electron chi connectivity index (χ3n) is 8.33. The SMILES string of the molecule is CCCN1CCN(c2ccc(C(=O)Nc3n[nH]c4ccc(S(=O)(=O)c5cc(F)cc(F)c5)cc34)c(NC3CCOCC3)c2)CC1. The molecule has 3 aromatic carbocycles. The van der Waals surface area contributed by atoms with E-state index in [0.29, 0.717) is 41.4 Å². The van der Waals surface area contributed by atoms with E-state index in [1.165, 1.54) is 18.2 Å². The number of anilines is 3. The molecule has 1 aromatic heterocycles. The summed E-state index contributed by atoms with van der Waals surface area (Å²) in [5.74, 6) is -2.29. The van der Waals surface area contributed by atoms with Gasteiger partial charge in [-0.25, -0.2) is 17.2 Å². The summed E-state index contributed by atoms with van der Waals surface area (Å²) < 4.78 is 59.6. The van der Waals surface area contributed by atoms with Crippen LogP contribution in [0.2, 0.25) is 0 Å². The first kappa shape index (κ1) is 30.9. The topological polar surface area (TPSA) is 120 Å². The quantitative estimate of drug-likeness (QED) is 0.233. The van der Waals surface area contributed by atoms with Crippen molar-refractivity contribution in [3.8, 4) is 0 Å². The first-order chi connectivity index (χ1) is 21.7. The number of ether oxygens (including phenoxy) is 1. The highest BCUT2D eigenvalue weighted by atomic mass is 32.2. The van der Waals surface area contributed by atoms with E-state index in [4.69, 9.17) is 4.74 Å². The van der Waals surface area contributed by atoms with Gasteiger partial charge in [0.25, 0.3) is 5.91 Å². The molecule has 6 rings (SSSR count). The standard InChI is InChI=1S/C32H36F2N6O4S/c1-2-9-39-10-12-40(13-11-39)24-3-5-27(30(19-24)35-23-7-14-44-15-8-23)32(41)36-31-28-20-25(4-6-29(28)37-38-31)45(42,43)26-17-21(33)16-22(34)18-26/h3-6,16-20,23,35H,2,7-15H2,1H3,(H2,36,37,38,41). The first-order valence-corrected chi connectivity index (χ1v) is 16.7. The van der Waals surface area contributed by atoms with Crippen molar-refractivity contribution in [1.29, 1.82) is 0 Å². The molecule has 13 heteroatoms. The number of nitrogens with zero attached hydrogens (tertiary/aromatic N) is 3. The molecule has 2 saturated heterocycles. The Hall–Kier alpha value is -4.07. The summed E-state index contributed by atoms with van der Waals surface area (Å²) in [4.78, 5) is 17.8. The van der Waals surface area contributed by atoms with Gasteiger partial charge in [0.05, 0.1) is 20.9 Å². The molecule has 2 aliphatic heterocycles. The van der Waals surface area contributed by atoms with Crippen LogP contribution in [0.3, 0.4) is 0 Å². The maximum absolute atomic E-state index is 13.8. The fourth-order valence-electron chi connectivity index (χ4n) is 5.90. The number of carbonyl (C=O) groups excluding carboxylic acids is 1. The number of H-pyrrole nitrogens is 1. The number of rotatable bonds is 9. The predicted molar refractivity (Wildman–Crippen MR) is 169 cm³/mol. The van der Waals surface area contributed by atoms with Gasteiger partial charge in [0, 0.05) is 68.3 Å². The average Bonchev–Trinajstić information content (AvgIpc) is 3.43. The van der Waals surface area contributed by atoms with E-state index in [-0.39, 0.29) is 16.8 Å². The average molecular weight is 639 g/mol. The molecule has 2 aliphatic rings. The van der Waals surface area contributed by atoms with Gasteiger partial charge < -0.3 is 20.3 Å². The van der Waals surface area contributed by atoms with Gasteiger partial charge in [-0.2, -0.15) is 5.10 Å². The van der Waals surface area contributed by atoms with E-state index < -0.39 is 32.3 Å². The number of amides is 1. The van der Waals surface area contributed by atoms with Crippen LogP contribution in [0.1, 0.15) is 36.5 Å². The van der Waals surface area contributed by atoms with Gasteiger partial charge in [-0.15, -0.1) is 0 Å². The van der Waals surface area contributed by atoms with Crippen LogP contribution in [-0.2, 0) is 14.6 Å². The van der Waals surface area contributed by atoms with Gasteiger partial charge in [0.2, 0.25) is 9.84 Å². The lowest BCUT2D eigenvalue weighted by molar-refractivity contribution is 0.0904. The molecule has 0 unspecified atom stereocenters. The highest BCUT2D eigenvalue weighted by Crippen LogP contribution is 2.31. The third kappa shape index (κ3) is 6.80. The Labute approximate surface area is 260 Å². The lowest BCUT2D eigenvalue weighted by Crippen LogP contribution is -2.46. The molecule has 4 aromatic rings. The van der Waals surface area contributed by atoms with Gasteiger partial charge in [0.1, 0.15) is 11.6 Å². The van der Waals surface area contributed by atoms with Crippen LogP contribution < -0.4 is 15.5 Å². The summed E-state index contributed by atoms with van der Waals surface area (Å²) in [6.45, 7) is 8.32. The van der Waals surface area contributed by atoms with E-state index in [1.807, 2.05) is 12.1 Å². The summed E-state index contributed by atoms with van der Waals surface area (Å²) in [6.07, 6.45) is 2.76. The molecule has 0 bridgehead atoms. The number of aromatic amines is 1. The van der Waals surface area contributed by atoms with Crippen molar-refractivity contribution < 1.29 is 26.7 Å². The van der Waals surface area contributed by atoms with Crippen LogP contribution in [0.25, 0.3) is 10.9 Å². The van der Waals surface area contributed by atoms with Crippen molar-refractivity contribution >= 4 is 43.8 Å². The fourth-order valence-corrected chi connectivity index (χ4v) is 7.23. The Bertz CT molecular complexity index is 1780. The van der Waals surface area contributed by atoms with Crippen molar-refractivity contribution in [3.63, 3.8) is 0 Å². The number of hydrogen-bond acceptors (Lipinski definition) is 8. The Morgan fingerprint density at radius 2 is 1.71 bits per heavy atom. The van der Waals surface area contributed by atoms with E-state index in [2.05, 4.69) is 37.6 Å². The number of hydrogen-bond donors (Lipinski definition) is 3. The number of aromatic nitrogens is 2. The molecular formula is C32H36F2N6O4S. The number of sulfone groups is 1. The second kappa shape index (κ2) is 13.1. The molecule has 0 saturated carbocycles. The smallest absolute Gasteiger partial charge is 0.258 e. The van der Waals surface area contributed by atoms with Crippen molar-refractivity contribution in [2.24, 2.45) is 0 Å². The highest BCUT2D eigenvalue weighted by molar-refractivity contribution is 7.91. The molecule has 1 amide bonds. The number of carbonyl (C=O) groups is 1. The summed E-state index contributed by atoms with van der Waals surface area (Å²) in [6, 6.07) is 12.2. The van der Waals surface area contributed by atoms with E-state index >= 15 is 0 Å². The molecule has 0 spiro atoms. The first-order valence-electron chi connectivity index (χ1n) is 15.2. The zero-order chi connectivity index (χ0) is 31.6. The molecule has 238 valence electrons. The van der Waals surface area contributed by atoms with Gasteiger partial charge >= 0.3 is 0 Å². The maximum atomic E-state index is 13.8. The predicted octanol–water partition coefficient (Wildman–Crippen LogP) is 5.05. The Balaban J connectivity index is 1.28. The molecular weight excluding hydrogens is 602 g/mol. The van der Waals surface area contributed by atoms with Gasteiger partial charge in [-0.1, -0.05) is 6.92 Å². The minimum absolute atomic E-state index is 0.130. The van der Waals surface area contributed by atoms with E-state index in [1.54, 1.807) is 6.07 Å². The summed E-state index contributed by atoms with van der Waals surface area (Å²) >= 11 is 0. The second-order valence-electron chi connectivity index (χ2n) is 11.4. The zero-order valence-electron chi connectivity index (χ0n) is 25.0. The molecule has 45 heavy (non-hydrogen) atoms. The van der Waals surface area contributed by atoms with Crippen molar-refractivity contribution in [2.75, 3.05) is 61.5 Å². The molecule has 10 nitrogen and oxygen atoms in total. The van der Waals surface area contributed by atoms with Crippen LogP contribution >= 0.6 is 0 Å². The van der Waals surface area contributed by atoms with Crippen molar-refractivity contribution in [2.45, 2.75) is 42.0 Å². The zero-order valence-corrected chi connectivity index (χ0v) is 25.8. The minimum Gasteiger partial charge on any atom is -0.381 e. The lowest BCUT2D eigenvalue weighted by Gasteiger charge is -2.36. The van der Waals surface area contributed by atoms with E-state index in [0.717, 1.165) is 69.8 Å². The van der Waals surface area contributed by atoms with Crippen LogP contribution in [-0.4, -0.2) is 81.4 Å². The minimum atomic E-state index is -4.26. The van der Waals surface area contributed by atoms with Crippen LogP contribution in [0.15, 0.2) is 64.4 Å². The Morgan fingerprint density at radius 3 is 2.42 bits per heavy atom. The Kier molecular flexibility index (Phi) is 9.02. The van der Waals surface area contributed by atoms with Crippen LogP contribution in [0, 0.1) is 11.6 Å². The molecule has 3 N–H and O–H groups in total. The monoisotopic (exact) mass is 638 g/mol. The van der Waals surface area contributed by atoms with Gasteiger partial charge in [-0.05, 0) is 74.3 Å². The third-order valence-corrected chi connectivity index (χ3v) is 10.1. The molecule has 0 atom stereocenters. The van der Waals surface area contributed by atoms with Gasteiger partial charge in [0.15, 0.2) is 5.82 Å². The number of benzene rings is 3. The number of piperazine rings is 1. The van der Waals surface area contributed by atoms with Crippen molar-refractivity contribution in [3.05, 3.63) is 71.8 Å². The van der Waals surface area contributed by atoms with Gasteiger partial charge in [-0.3, -0.25) is 14.8 Å². The number of halogens is 2. The number of fused-ring (bicyclic) bond motifs is 1. The molecule has 0 aliphatic carbocycles. The highest BCUT2D eigenvalue weighted by Gasteiger charge is 2.24.